The SMILES string of the molecule is C=CCCC(=O)N1CC[C@]2(CCCN(Cc3ccc(F)c(F)c3)C2=O)C1. The average molecular weight is 362 g/mol. The lowest BCUT2D eigenvalue weighted by Gasteiger charge is -2.39. The zero-order valence-corrected chi connectivity index (χ0v) is 14.8. The first-order valence-corrected chi connectivity index (χ1v) is 9.07. The lowest BCUT2D eigenvalue weighted by atomic mass is 9.78. The number of halogens is 2. The zero-order chi connectivity index (χ0) is 18.7. The molecule has 0 radical (unpaired) electrons. The highest BCUT2D eigenvalue weighted by molar-refractivity contribution is 5.86. The molecule has 0 saturated carbocycles. The Bertz CT molecular complexity index is 722. The Balaban J connectivity index is 1.68. The topological polar surface area (TPSA) is 40.6 Å². The molecule has 2 aliphatic rings. The second-order valence-corrected chi connectivity index (χ2v) is 7.25. The van der Waals surface area contributed by atoms with Crippen molar-refractivity contribution >= 4 is 11.8 Å². The number of carbonyl (C=O) groups excluding carboxylic acids is 2. The lowest BCUT2D eigenvalue weighted by molar-refractivity contribution is -0.146. The Morgan fingerprint density at radius 1 is 1.23 bits per heavy atom. The van der Waals surface area contributed by atoms with E-state index in [1.807, 2.05) is 0 Å². The molecule has 4 nitrogen and oxygen atoms in total. The van der Waals surface area contributed by atoms with E-state index in [9.17, 15) is 18.4 Å². The van der Waals surface area contributed by atoms with Gasteiger partial charge in [0.15, 0.2) is 11.6 Å². The molecular formula is C20H24F2N2O2. The van der Waals surface area contributed by atoms with Crippen molar-refractivity contribution in [2.24, 2.45) is 5.41 Å². The molecule has 2 heterocycles. The maximum Gasteiger partial charge on any atom is 0.230 e. The van der Waals surface area contributed by atoms with E-state index in [2.05, 4.69) is 6.58 Å². The van der Waals surface area contributed by atoms with Crippen molar-refractivity contribution in [3.8, 4) is 0 Å². The van der Waals surface area contributed by atoms with Crippen LogP contribution in [0, 0.1) is 17.0 Å². The smallest absolute Gasteiger partial charge is 0.230 e. The Hall–Kier alpha value is -2.24. The van der Waals surface area contributed by atoms with Crippen LogP contribution in [-0.2, 0) is 16.1 Å². The Kier molecular flexibility index (Phi) is 5.39. The number of piperidine rings is 1. The van der Waals surface area contributed by atoms with E-state index in [-0.39, 0.29) is 18.4 Å². The molecule has 1 spiro atoms. The van der Waals surface area contributed by atoms with Crippen LogP contribution in [0.5, 0.6) is 0 Å². The summed E-state index contributed by atoms with van der Waals surface area (Å²) in [6.45, 7) is 5.55. The molecule has 3 rings (SSSR count). The minimum atomic E-state index is -0.901. The second-order valence-electron chi connectivity index (χ2n) is 7.25. The molecule has 0 aromatic heterocycles. The first-order valence-electron chi connectivity index (χ1n) is 9.07. The number of hydrogen-bond donors (Lipinski definition) is 0. The van der Waals surface area contributed by atoms with Crippen molar-refractivity contribution in [2.75, 3.05) is 19.6 Å². The van der Waals surface area contributed by atoms with Gasteiger partial charge in [0.05, 0.1) is 5.41 Å². The third-order valence-corrected chi connectivity index (χ3v) is 5.45. The molecule has 0 aliphatic carbocycles. The fourth-order valence-electron chi connectivity index (χ4n) is 4.01. The normalized spacial score (nSPS) is 22.9. The van der Waals surface area contributed by atoms with Gasteiger partial charge in [-0.15, -0.1) is 6.58 Å². The van der Waals surface area contributed by atoms with Crippen LogP contribution in [-0.4, -0.2) is 41.2 Å². The number of hydrogen-bond acceptors (Lipinski definition) is 2. The summed E-state index contributed by atoms with van der Waals surface area (Å²) in [5.41, 5.74) is 0.0481. The highest BCUT2D eigenvalue weighted by Crippen LogP contribution is 2.40. The summed E-state index contributed by atoms with van der Waals surface area (Å²) in [4.78, 5) is 28.8. The van der Waals surface area contributed by atoms with E-state index in [0.29, 0.717) is 44.5 Å². The average Bonchev–Trinajstić information content (AvgIpc) is 3.05. The molecule has 0 bridgehead atoms. The summed E-state index contributed by atoms with van der Waals surface area (Å²) in [7, 11) is 0. The van der Waals surface area contributed by atoms with Crippen LogP contribution < -0.4 is 0 Å². The fourth-order valence-corrected chi connectivity index (χ4v) is 4.01. The van der Waals surface area contributed by atoms with Crippen molar-refractivity contribution in [2.45, 2.75) is 38.6 Å². The highest BCUT2D eigenvalue weighted by atomic mass is 19.2. The van der Waals surface area contributed by atoms with E-state index in [1.165, 1.54) is 6.07 Å². The predicted molar refractivity (Wildman–Crippen MR) is 94.1 cm³/mol. The first-order chi connectivity index (χ1) is 12.4. The van der Waals surface area contributed by atoms with Crippen molar-refractivity contribution in [3.63, 3.8) is 0 Å². The first kappa shape index (κ1) is 18.5. The van der Waals surface area contributed by atoms with Gasteiger partial charge in [-0.2, -0.15) is 0 Å². The minimum absolute atomic E-state index is 0.0208. The predicted octanol–water partition coefficient (Wildman–Crippen LogP) is 3.27. The van der Waals surface area contributed by atoms with Gasteiger partial charge in [0.1, 0.15) is 0 Å². The number of nitrogens with zero attached hydrogens (tertiary/aromatic N) is 2. The summed E-state index contributed by atoms with van der Waals surface area (Å²) >= 11 is 0. The summed E-state index contributed by atoms with van der Waals surface area (Å²) in [6, 6.07) is 3.74. The van der Waals surface area contributed by atoms with Gasteiger partial charge in [-0.1, -0.05) is 12.1 Å². The van der Waals surface area contributed by atoms with E-state index in [0.717, 1.165) is 25.0 Å². The zero-order valence-electron chi connectivity index (χ0n) is 14.8. The third kappa shape index (κ3) is 3.64. The fraction of sp³-hybridized carbons (Fsp3) is 0.500. The summed E-state index contributed by atoms with van der Waals surface area (Å²) < 4.78 is 26.5. The Labute approximate surface area is 152 Å². The molecule has 1 aromatic carbocycles. The Morgan fingerprint density at radius 2 is 2.04 bits per heavy atom. The number of amides is 2. The van der Waals surface area contributed by atoms with Crippen molar-refractivity contribution in [1.29, 1.82) is 0 Å². The van der Waals surface area contributed by atoms with Gasteiger partial charge >= 0.3 is 0 Å². The molecule has 6 heteroatoms. The van der Waals surface area contributed by atoms with Crippen molar-refractivity contribution in [1.82, 2.24) is 9.80 Å². The van der Waals surface area contributed by atoms with Gasteiger partial charge in [0.2, 0.25) is 11.8 Å². The molecule has 2 aliphatic heterocycles. The number of likely N-dealkylation sites (tertiary alicyclic amines) is 2. The van der Waals surface area contributed by atoms with Crippen LogP contribution in [0.1, 0.15) is 37.7 Å². The highest BCUT2D eigenvalue weighted by Gasteiger charge is 2.49. The molecule has 140 valence electrons. The molecule has 0 N–H and O–H groups in total. The summed E-state index contributed by atoms with van der Waals surface area (Å²) in [5, 5.41) is 0. The Morgan fingerprint density at radius 3 is 2.77 bits per heavy atom. The molecule has 2 saturated heterocycles. The van der Waals surface area contributed by atoms with Crippen LogP contribution in [0.4, 0.5) is 8.78 Å². The van der Waals surface area contributed by atoms with Crippen LogP contribution >= 0.6 is 0 Å². The molecule has 1 aromatic rings. The molecule has 2 fully saturated rings. The van der Waals surface area contributed by atoms with Crippen LogP contribution in [0.25, 0.3) is 0 Å². The largest absolute Gasteiger partial charge is 0.342 e. The van der Waals surface area contributed by atoms with E-state index in [1.54, 1.807) is 15.9 Å². The standard InChI is InChI=1S/C20H24F2N2O2/c1-2-3-5-18(25)24-11-9-20(14-24)8-4-10-23(19(20)26)13-15-6-7-16(21)17(22)12-15/h2,6-7,12H,1,3-5,8-11,13-14H2/t20-/m1/s1. The quantitative estimate of drug-likeness (QED) is 0.755. The second kappa shape index (κ2) is 7.56. The van der Waals surface area contributed by atoms with Gasteiger partial charge in [-0.05, 0) is 43.4 Å². The monoisotopic (exact) mass is 362 g/mol. The number of rotatable bonds is 5. The van der Waals surface area contributed by atoms with Crippen LogP contribution in [0.2, 0.25) is 0 Å². The van der Waals surface area contributed by atoms with Crippen LogP contribution in [0.3, 0.4) is 0 Å². The van der Waals surface area contributed by atoms with Crippen molar-refractivity contribution in [3.05, 3.63) is 48.1 Å². The number of benzene rings is 1. The van der Waals surface area contributed by atoms with Crippen molar-refractivity contribution < 1.29 is 18.4 Å². The minimum Gasteiger partial charge on any atom is -0.342 e. The molecule has 1 atom stereocenters. The maximum absolute atomic E-state index is 13.4. The van der Waals surface area contributed by atoms with Gasteiger partial charge in [0, 0.05) is 32.6 Å². The third-order valence-electron chi connectivity index (χ3n) is 5.45. The molecule has 2 amide bonds. The van der Waals surface area contributed by atoms with E-state index >= 15 is 0 Å². The summed E-state index contributed by atoms with van der Waals surface area (Å²) in [5.74, 6) is -1.71. The summed E-state index contributed by atoms with van der Waals surface area (Å²) in [6.07, 6.45) is 5.07. The number of carbonyl (C=O) groups is 2. The lowest BCUT2D eigenvalue weighted by Crippen LogP contribution is -2.50. The molecule has 0 unspecified atom stereocenters. The van der Waals surface area contributed by atoms with E-state index in [4.69, 9.17) is 0 Å². The van der Waals surface area contributed by atoms with E-state index < -0.39 is 17.0 Å². The number of allylic oxidation sites excluding steroid dienone is 1. The van der Waals surface area contributed by atoms with Gasteiger partial charge < -0.3 is 9.80 Å². The van der Waals surface area contributed by atoms with Gasteiger partial charge in [-0.25, -0.2) is 8.78 Å². The van der Waals surface area contributed by atoms with Crippen LogP contribution in [0.15, 0.2) is 30.9 Å². The molecular weight excluding hydrogens is 338 g/mol. The molecule has 26 heavy (non-hydrogen) atoms. The van der Waals surface area contributed by atoms with Gasteiger partial charge in [-0.3, -0.25) is 9.59 Å². The van der Waals surface area contributed by atoms with Gasteiger partial charge in [0.25, 0.3) is 0 Å². The maximum atomic E-state index is 13.4.